The fourth-order valence-corrected chi connectivity index (χ4v) is 3.12. The van der Waals surface area contributed by atoms with Gasteiger partial charge >= 0.3 is 6.18 Å². The molecule has 0 aliphatic carbocycles. The van der Waals surface area contributed by atoms with Gasteiger partial charge in [-0.1, -0.05) is 47.6 Å². The first-order valence-electron chi connectivity index (χ1n) is 7.74. The molecule has 0 saturated heterocycles. The molecule has 0 amide bonds. The maximum atomic E-state index is 12.8. The van der Waals surface area contributed by atoms with Crippen LogP contribution >= 0.6 is 11.8 Å². The van der Waals surface area contributed by atoms with Crippen molar-refractivity contribution in [1.29, 1.82) is 0 Å². The number of alkyl halides is 3. The number of benzene rings is 2. The van der Waals surface area contributed by atoms with E-state index in [-0.39, 0.29) is 11.4 Å². The van der Waals surface area contributed by atoms with Gasteiger partial charge in [-0.25, -0.2) is 0 Å². The highest BCUT2D eigenvalue weighted by Crippen LogP contribution is 2.31. The molecule has 0 aliphatic heterocycles. The van der Waals surface area contributed by atoms with Gasteiger partial charge < -0.3 is 9.63 Å². The topological polar surface area (TPSA) is 59.2 Å². The summed E-state index contributed by atoms with van der Waals surface area (Å²) in [6.45, 7) is 0. The second kappa shape index (κ2) is 7.92. The maximum absolute atomic E-state index is 12.8. The molecule has 1 aromatic heterocycles. The van der Waals surface area contributed by atoms with Crippen LogP contribution in [0, 0.1) is 0 Å². The predicted molar refractivity (Wildman–Crippen MR) is 92.3 cm³/mol. The van der Waals surface area contributed by atoms with Gasteiger partial charge in [0.05, 0.1) is 17.4 Å². The molecule has 3 aromatic rings. The Balaban J connectivity index is 1.60. The van der Waals surface area contributed by atoms with E-state index in [1.54, 1.807) is 0 Å². The Morgan fingerprint density at radius 1 is 1.08 bits per heavy atom. The Bertz CT molecular complexity index is 853. The standard InChI is InChI=1S/C18H15F3N2O2S/c19-18(20,21)14-8-4-7-13(9-14)17-22-16(25-23-17)11-26-10-15(24)12-5-2-1-3-6-12/h1-9,15,24H,10-11H2. The zero-order valence-corrected chi connectivity index (χ0v) is 14.3. The molecule has 0 bridgehead atoms. The highest BCUT2D eigenvalue weighted by atomic mass is 32.2. The lowest BCUT2D eigenvalue weighted by atomic mass is 10.1. The van der Waals surface area contributed by atoms with E-state index in [1.807, 2.05) is 30.3 Å². The van der Waals surface area contributed by atoms with Gasteiger partial charge in [0.15, 0.2) is 0 Å². The Morgan fingerprint density at radius 3 is 2.58 bits per heavy atom. The lowest BCUT2D eigenvalue weighted by Crippen LogP contribution is -2.04. The number of hydrogen-bond acceptors (Lipinski definition) is 5. The first-order valence-corrected chi connectivity index (χ1v) is 8.90. The molecule has 0 aliphatic rings. The van der Waals surface area contributed by atoms with Crippen LogP contribution in [0.25, 0.3) is 11.4 Å². The summed E-state index contributed by atoms with van der Waals surface area (Å²) < 4.78 is 43.4. The highest BCUT2D eigenvalue weighted by molar-refractivity contribution is 7.98. The summed E-state index contributed by atoms with van der Waals surface area (Å²) in [5.41, 5.74) is 0.293. The van der Waals surface area contributed by atoms with Crippen molar-refractivity contribution in [3.63, 3.8) is 0 Å². The van der Waals surface area contributed by atoms with Crippen LogP contribution in [0.15, 0.2) is 59.1 Å². The van der Waals surface area contributed by atoms with Gasteiger partial charge in [-0.05, 0) is 17.7 Å². The van der Waals surface area contributed by atoms with E-state index in [2.05, 4.69) is 10.1 Å². The monoisotopic (exact) mass is 380 g/mol. The third-order valence-corrected chi connectivity index (χ3v) is 4.60. The number of nitrogens with zero attached hydrogens (tertiary/aromatic N) is 2. The van der Waals surface area contributed by atoms with Crippen molar-refractivity contribution < 1.29 is 22.8 Å². The molecular weight excluding hydrogens is 365 g/mol. The molecule has 2 aromatic carbocycles. The minimum Gasteiger partial charge on any atom is -0.388 e. The van der Waals surface area contributed by atoms with Crippen molar-refractivity contribution in [2.75, 3.05) is 5.75 Å². The van der Waals surface area contributed by atoms with Crippen LogP contribution < -0.4 is 0 Å². The SMILES string of the molecule is OC(CSCc1nc(-c2cccc(C(F)(F)F)c2)no1)c1ccccc1. The molecule has 26 heavy (non-hydrogen) atoms. The van der Waals surface area contributed by atoms with Gasteiger partial charge in [0, 0.05) is 11.3 Å². The molecule has 3 rings (SSSR count). The highest BCUT2D eigenvalue weighted by Gasteiger charge is 2.30. The van der Waals surface area contributed by atoms with Crippen molar-refractivity contribution in [2.24, 2.45) is 0 Å². The molecule has 1 unspecified atom stereocenters. The van der Waals surface area contributed by atoms with Crippen molar-refractivity contribution in [2.45, 2.75) is 18.0 Å². The summed E-state index contributed by atoms with van der Waals surface area (Å²) >= 11 is 1.40. The van der Waals surface area contributed by atoms with Crippen molar-refractivity contribution >= 4 is 11.8 Å². The molecule has 1 N–H and O–H groups in total. The van der Waals surface area contributed by atoms with Crippen LogP contribution in [-0.4, -0.2) is 21.0 Å². The fraction of sp³-hybridized carbons (Fsp3) is 0.222. The molecule has 1 heterocycles. The Labute approximate surface area is 152 Å². The lowest BCUT2D eigenvalue weighted by Gasteiger charge is -2.09. The van der Waals surface area contributed by atoms with Gasteiger partial charge in [-0.15, -0.1) is 11.8 Å². The van der Waals surface area contributed by atoms with E-state index < -0.39 is 17.8 Å². The molecule has 0 fully saturated rings. The van der Waals surface area contributed by atoms with Crippen molar-refractivity contribution in [3.8, 4) is 11.4 Å². The summed E-state index contributed by atoms with van der Waals surface area (Å²) in [7, 11) is 0. The van der Waals surface area contributed by atoms with E-state index in [0.29, 0.717) is 17.4 Å². The number of aromatic nitrogens is 2. The largest absolute Gasteiger partial charge is 0.416 e. The smallest absolute Gasteiger partial charge is 0.388 e. The van der Waals surface area contributed by atoms with Crippen LogP contribution in [-0.2, 0) is 11.9 Å². The second-order valence-electron chi connectivity index (χ2n) is 5.53. The Hall–Kier alpha value is -2.32. The fourth-order valence-electron chi connectivity index (χ4n) is 2.29. The number of hydrogen-bond donors (Lipinski definition) is 1. The van der Waals surface area contributed by atoms with Crippen LogP contribution in [0.3, 0.4) is 0 Å². The van der Waals surface area contributed by atoms with E-state index >= 15 is 0 Å². The van der Waals surface area contributed by atoms with Gasteiger partial charge in [0.25, 0.3) is 0 Å². The first kappa shape index (κ1) is 18.5. The maximum Gasteiger partial charge on any atom is 0.416 e. The van der Waals surface area contributed by atoms with Crippen LogP contribution in [0.5, 0.6) is 0 Å². The minimum atomic E-state index is -4.42. The average Bonchev–Trinajstić information content (AvgIpc) is 3.11. The molecule has 4 nitrogen and oxygen atoms in total. The normalized spacial score (nSPS) is 12.9. The van der Waals surface area contributed by atoms with Gasteiger partial charge in [-0.2, -0.15) is 18.2 Å². The molecule has 0 radical (unpaired) electrons. The van der Waals surface area contributed by atoms with Crippen molar-refractivity contribution in [3.05, 3.63) is 71.6 Å². The minimum absolute atomic E-state index is 0.107. The number of rotatable bonds is 6. The van der Waals surface area contributed by atoms with Crippen LogP contribution in [0.4, 0.5) is 13.2 Å². The van der Waals surface area contributed by atoms with Gasteiger partial charge in [0.1, 0.15) is 0 Å². The predicted octanol–water partition coefficient (Wildman–Crippen LogP) is 4.72. The van der Waals surface area contributed by atoms with Crippen LogP contribution in [0.2, 0.25) is 0 Å². The van der Waals surface area contributed by atoms with Gasteiger partial charge in [-0.3, -0.25) is 0 Å². The number of halogens is 3. The molecule has 8 heteroatoms. The Morgan fingerprint density at radius 2 is 1.85 bits per heavy atom. The third-order valence-electron chi connectivity index (χ3n) is 3.60. The number of aliphatic hydroxyl groups is 1. The third kappa shape index (κ3) is 4.64. The molecule has 1 atom stereocenters. The summed E-state index contributed by atoms with van der Waals surface area (Å²) in [5.74, 6) is 1.19. The average molecular weight is 380 g/mol. The van der Waals surface area contributed by atoms with E-state index in [1.165, 1.54) is 23.9 Å². The van der Waals surface area contributed by atoms with Crippen molar-refractivity contribution in [1.82, 2.24) is 10.1 Å². The van der Waals surface area contributed by atoms with Gasteiger partial charge in [0.2, 0.25) is 11.7 Å². The lowest BCUT2D eigenvalue weighted by molar-refractivity contribution is -0.137. The number of thioether (sulfide) groups is 1. The van der Waals surface area contributed by atoms with E-state index in [0.717, 1.165) is 17.7 Å². The molecule has 136 valence electrons. The molecule has 0 spiro atoms. The zero-order valence-electron chi connectivity index (χ0n) is 13.5. The first-order chi connectivity index (χ1) is 12.4. The number of aliphatic hydroxyl groups excluding tert-OH is 1. The van der Waals surface area contributed by atoms with Crippen LogP contribution in [0.1, 0.15) is 23.1 Å². The summed E-state index contributed by atoms with van der Waals surface area (Å²) in [4.78, 5) is 4.13. The molecular formula is C18H15F3N2O2S. The second-order valence-corrected chi connectivity index (χ2v) is 6.56. The summed E-state index contributed by atoms with van der Waals surface area (Å²) in [5, 5.41) is 13.8. The van der Waals surface area contributed by atoms with E-state index in [9.17, 15) is 18.3 Å². The summed E-state index contributed by atoms with van der Waals surface area (Å²) in [6.07, 6.45) is -5.04. The quantitative estimate of drug-likeness (QED) is 0.670. The molecule has 0 saturated carbocycles. The zero-order chi connectivity index (χ0) is 18.6. The Kier molecular flexibility index (Phi) is 5.63. The van der Waals surface area contributed by atoms with E-state index in [4.69, 9.17) is 4.52 Å². The summed E-state index contributed by atoms with van der Waals surface area (Å²) in [6, 6.07) is 14.0.